The fourth-order valence-corrected chi connectivity index (χ4v) is 3.45. The van der Waals surface area contributed by atoms with E-state index in [-0.39, 0.29) is 5.69 Å². The Morgan fingerprint density at radius 2 is 1.51 bits per heavy atom. The molecule has 8 nitrogen and oxygen atoms in total. The SMILES string of the molecule is O=C(Nc1cccc(-c2ccc3nnc(-c4ccncc4)n3n2)c1)Nc1cccc(C(F)(F)F)c1. The molecule has 5 rings (SSSR count). The summed E-state index contributed by atoms with van der Waals surface area (Å²) in [4.78, 5) is 16.4. The van der Waals surface area contributed by atoms with Crippen molar-refractivity contribution in [3.8, 4) is 22.6 Å². The molecule has 5 aromatic rings. The summed E-state index contributed by atoms with van der Waals surface area (Å²) < 4.78 is 40.3. The van der Waals surface area contributed by atoms with Gasteiger partial charge in [0.1, 0.15) is 0 Å². The number of aromatic nitrogens is 5. The van der Waals surface area contributed by atoms with Crippen LogP contribution in [-0.2, 0) is 6.18 Å². The number of nitrogens with one attached hydrogen (secondary N) is 2. The average molecular weight is 475 g/mol. The van der Waals surface area contributed by atoms with Gasteiger partial charge in [-0.2, -0.15) is 22.8 Å². The zero-order valence-electron chi connectivity index (χ0n) is 17.9. The minimum absolute atomic E-state index is 0.0249. The first-order chi connectivity index (χ1) is 16.9. The molecule has 0 saturated heterocycles. The highest BCUT2D eigenvalue weighted by atomic mass is 19.4. The minimum Gasteiger partial charge on any atom is -0.308 e. The molecule has 0 fully saturated rings. The van der Waals surface area contributed by atoms with Crippen molar-refractivity contribution in [3.05, 3.63) is 90.8 Å². The number of halogens is 3. The third-order valence-corrected chi connectivity index (χ3v) is 5.07. The van der Waals surface area contributed by atoms with Crippen LogP contribution in [0.25, 0.3) is 28.3 Å². The molecule has 0 aliphatic rings. The van der Waals surface area contributed by atoms with Crippen molar-refractivity contribution in [2.45, 2.75) is 6.18 Å². The molecule has 0 aliphatic heterocycles. The molecule has 35 heavy (non-hydrogen) atoms. The summed E-state index contributed by atoms with van der Waals surface area (Å²) in [5.41, 5.74) is 2.30. The topological polar surface area (TPSA) is 97.1 Å². The van der Waals surface area contributed by atoms with Gasteiger partial charge in [-0.1, -0.05) is 18.2 Å². The molecule has 2 amide bonds. The van der Waals surface area contributed by atoms with Gasteiger partial charge in [-0.3, -0.25) is 4.98 Å². The van der Waals surface area contributed by atoms with Gasteiger partial charge in [-0.15, -0.1) is 10.2 Å². The number of hydrogen-bond donors (Lipinski definition) is 2. The van der Waals surface area contributed by atoms with Crippen molar-refractivity contribution in [3.63, 3.8) is 0 Å². The number of alkyl halides is 3. The Labute approximate surface area is 196 Å². The monoisotopic (exact) mass is 475 g/mol. The summed E-state index contributed by atoms with van der Waals surface area (Å²) in [6, 6.07) is 17.8. The summed E-state index contributed by atoms with van der Waals surface area (Å²) in [7, 11) is 0. The minimum atomic E-state index is -4.50. The van der Waals surface area contributed by atoms with E-state index in [1.807, 2.05) is 6.07 Å². The van der Waals surface area contributed by atoms with Crippen molar-refractivity contribution in [2.24, 2.45) is 0 Å². The maximum absolute atomic E-state index is 12.9. The number of nitrogens with zero attached hydrogens (tertiary/aromatic N) is 5. The third kappa shape index (κ3) is 4.78. The van der Waals surface area contributed by atoms with Gasteiger partial charge in [0, 0.05) is 34.9 Å². The molecule has 0 spiro atoms. The normalized spacial score (nSPS) is 11.4. The van der Waals surface area contributed by atoms with Crippen LogP contribution in [0.4, 0.5) is 29.3 Å². The van der Waals surface area contributed by atoms with Crippen LogP contribution >= 0.6 is 0 Å². The number of carbonyl (C=O) groups excluding carboxylic acids is 1. The van der Waals surface area contributed by atoms with E-state index in [1.54, 1.807) is 59.4 Å². The molecule has 0 unspecified atom stereocenters. The van der Waals surface area contributed by atoms with Crippen LogP contribution in [0.1, 0.15) is 5.56 Å². The van der Waals surface area contributed by atoms with Gasteiger partial charge in [0.2, 0.25) is 0 Å². The van der Waals surface area contributed by atoms with E-state index < -0.39 is 17.8 Å². The second kappa shape index (κ2) is 8.86. The second-order valence-electron chi connectivity index (χ2n) is 7.49. The summed E-state index contributed by atoms with van der Waals surface area (Å²) >= 11 is 0. The number of hydrogen-bond acceptors (Lipinski definition) is 5. The quantitative estimate of drug-likeness (QED) is 0.357. The standard InChI is InChI=1S/C24H16F3N7O/c25-24(26,27)17-4-2-6-19(14-17)30-23(35)29-18-5-1-3-16(13-18)20-7-8-21-31-32-22(34(21)33-20)15-9-11-28-12-10-15/h1-14H,(H2,29,30,35). The molecule has 0 atom stereocenters. The van der Waals surface area contributed by atoms with Gasteiger partial charge in [0.15, 0.2) is 11.5 Å². The molecule has 174 valence electrons. The summed E-state index contributed by atoms with van der Waals surface area (Å²) in [6.07, 6.45) is -1.20. The van der Waals surface area contributed by atoms with E-state index >= 15 is 0 Å². The van der Waals surface area contributed by atoms with Crippen molar-refractivity contribution >= 4 is 23.1 Å². The van der Waals surface area contributed by atoms with Crippen molar-refractivity contribution in [1.82, 2.24) is 24.8 Å². The van der Waals surface area contributed by atoms with Crippen LogP contribution in [0, 0.1) is 0 Å². The van der Waals surface area contributed by atoms with Gasteiger partial charge < -0.3 is 10.6 Å². The molecule has 0 bridgehead atoms. The maximum Gasteiger partial charge on any atom is 0.416 e. The Kier molecular flexibility index (Phi) is 5.57. The number of fused-ring (bicyclic) bond motifs is 1. The Morgan fingerprint density at radius 3 is 2.26 bits per heavy atom. The molecular weight excluding hydrogens is 459 g/mol. The van der Waals surface area contributed by atoms with Crippen molar-refractivity contribution < 1.29 is 18.0 Å². The van der Waals surface area contributed by atoms with E-state index in [4.69, 9.17) is 0 Å². The number of urea groups is 1. The lowest BCUT2D eigenvalue weighted by Crippen LogP contribution is -2.19. The highest BCUT2D eigenvalue weighted by Crippen LogP contribution is 2.30. The molecule has 2 aromatic carbocycles. The predicted octanol–water partition coefficient (Wildman–Crippen LogP) is 5.52. The smallest absolute Gasteiger partial charge is 0.308 e. The molecule has 0 radical (unpaired) electrons. The number of anilines is 2. The number of amides is 2. The van der Waals surface area contributed by atoms with Crippen LogP contribution in [0.2, 0.25) is 0 Å². The van der Waals surface area contributed by atoms with Crippen LogP contribution in [0.3, 0.4) is 0 Å². The zero-order chi connectivity index (χ0) is 24.4. The van der Waals surface area contributed by atoms with Crippen molar-refractivity contribution in [2.75, 3.05) is 10.6 Å². The zero-order valence-corrected chi connectivity index (χ0v) is 17.9. The first kappa shape index (κ1) is 22.0. The molecular formula is C24H16F3N7O. The second-order valence-corrected chi connectivity index (χ2v) is 7.49. The first-order valence-corrected chi connectivity index (χ1v) is 10.4. The van der Waals surface area contributed by atoms with E-state index in [9.17, 15) is 18.0 Å². The molecule has 2 N–H and O–H groups in total. The third-order valence-electron chi connectivity index (χ3n) is 5.07. The number of rotatable bonds is 4. The van der Waals surface area contributed by atoms with Crippen LogP contribution in [0.5, 0.6) is 0 Å². The number of pyridine rings is 1. The molecule has 0 aliphatic carbocycles. The lowest BCUT2D eigenvalue weighted by atomic mass is 10.1. The van der Waals surface area contributed by atoms with Crippen LogP contribution in [0.15, 0.2) is 85.2 Å². The Morgan fingerprint density at radius 1 is 0.800 bits per heavy atom. The average Bonchev–Trinajstić information content (AvgIpc) is 3.28. The summed E-state index contributed by atoms with van der Waals surface area (Å²) in [5, 5.41) is 18.0. The van der Waals surface area contributed by atoms with E-state index in [0.29, 0.717) is 28.4 Å². The van der Waals surface area contributed by atoms with Gasteiger partial charge in [-0.25, -0.2) is 4.79 Å². The number of benzene rings is 2. The highest BCUT2D eigenvalue weighted by Gasteiger charge is 2.30. The Hall–Kier alpha value is -4.80. The predicted molar refractivity (Wildman–Crippen MR) is 124 cm³/mol. The van der Waals surface area contributed by atoms with E-state index in [1.165, 1.54) is 12.1 Å². The van der Waals surface area contributed by atoms with Crippen LogP contribution < -0.4 is 10.6 Å². The highest BCUT2D eigenvalue weighted by molar-refractivity contribution is 6.00. The summed E-state index contributed by atoms with van der Waals surface area (Å²) in [5.74, 6) is 0.555. The number of carbonyl (C=O) groups is 1. The van der Waals surface area contributed by atoms with Gasteiger partial charge >= 0.3 is 12.2 Å². The van der Waals surface area contributed by atoms with Gasteiger partial charge in [-0.05, 0) is 54.6 Å². The summed E-state index contributed by atoms with van der Waals surface area (Å²) in [6.45, 7) is 0. The van der Waals surface area contributed by atoms with Crippen molar-refractivity contribution in [1.29, 1.82) is 0 Å². The maximum atomic E-state index is 12.9. The molecule has 11 heteroatoms. The first-order valence-electron chi connectivity index (χ1n) is 10.4. The lowest BCUT2D eigenvalue weighted by molar-refractivity contribution is -0.137. The van der Waals surface area contributed by atoms with E-state index in [0.717, 1.165) is 17.7 Å². The van der Waals surface area contributed by atoms with E-state index in [2.05, 4.69) is 30.9 Å². The lowest BCUT2D eigenvalue weighted by Gasteiger charge is -2.11. The fraction of sp³-hybridized carbons (Fsp3) is 0.0417. The molecule has 3 heterocycles. The molecule has 0 saturated carbocycles. The Bertz CT molecular complexity index is 1520. The Balaban J connectivity index is 1.37. The van der Waals surface area contributed by atoms with Crippen LogP contribution in [-0.4, -0.2) is 30.8 Å². The van der Waals surface area contributed by atoms with Gasteiger partial charge in [0.05, 0.1) is 11.3 Å². The fourth-order valence-electron chi connectivity index (χ4n) is 3.45. The molecule has 3 aromatic heterocycles. The largest absolute Gasteiger partial charge is 0.416 e. The van der Waals surface area contributed by atoms with Gasteiger partial charge in [0.25, 0.3) is 0 Å².